The molecule has 4 nitrogen and oxygen atoms in total. The van der Waals surface area contributed by atoms with Gasteiger partial charge in [0.05, 0.1) is 0 Å². The Labute approximate surface area is 144 Å². The molecular weight excluding hydrogens is 320 g/mol. The number of carbonyl (C=O) groups is 1. The summed E-state index contributed by atoms with van der Waals surface area (Å²) in [5, 5.41) is 3.37. The first-order valence-corrected chi connectivity index (χ1v) is 8.46. The average Bonchev–Trinajstić information content (AvgIpc) is 3.17. The summed E-state index contributed by atoms with van der Waals surface area (Å²) in [4.78, 5) is 17.3. The number of nitrogens with zero attached hydrogens (tertiary/aromatic N) is 1. The molecule has 0 saturated carbocycles. The van der Waals surface area contributed by atoms with Crippen LogP contribution in [0, 0.1) is 13.8 Å². The third-order valence-electron chi connectivity index (χ3n) is 3.44. The van der Waals surface area contributed by atoms with Crippen molar-refractivity contribution in [3.05, 3.63) is 76.2 Å². The van der Waals surface area contributed by atoms with E-state index in [0.29, 0.717) is 10.9 Å². The monoisotopic (exact) mass is 338 g/mol. The molecule has 0 aliphatic heterocycles. The fourth-order valence-electron chi connectivity index (χ4n) is 2.20. The van der Waals surface area contributed by atoms with Gasteiger partial charge in [0, 0.05) is 23.6 Å². The zero-order valence-corrected chi connectivity index (χ0v) is 14.4. The topological polar surface area (TPSA) is 55.1 Å². The van der Waals surface area contributed by atoms with Gasteiger partial charge in [-0.15, -0.1) is 11.3 Å². The van der Waals surface area contributed by atoms with Gasteiger partial charge < -0.3 is 4.42 Å². The fourth-order valence-corrected chi connectivity index (χ4v) is 3.05. The number of amides is 1. The number of anilines is 1. The predicted molar refractivity (Wildman–Crippen MR) is 97.2 cm³/mol. The Morgan fingerprint density at radius 3 is 2.71 bits per heavy atom. The maximum atomic E-state index is 11.9. The molecule has 0 spiro atoms. The van der Waals surface area contributed by atoms with Crippen molar-refractivity contribution in [1.82, 2.24) is 4.98 Å². The summed E-state index contributed by atoms with van der Waals surface area (Å²) in [6, 6.07) is 12.1. The van der Waals surface area contributed by atoms with E-state index in [9.17, 15) is 4.79 Å². The van der Waals surface area contributed by atoms with Crippen molar-refractivity contribution < 1.29 is 9.21 Å². The molecule has 3 aromatic rings. The molecule has 3 rings (SSSR count). The highest BCUT2D eigenvalue weighted by molar-refractivity contribution is 7.15. The van der Waals surface area contributed by atoms with Gasteiger partial charge in [0.15, 0.2) is 5.13 Å². The lowest BCUT2D eigenvalue weighted by atomic mass is 10.1. The van der Waals surface area contributed by atoms with Gasteiger partial charge in [-0.25, -0.2) is 4.98 Å². The molecule has 1 amide bonds. The van der Waals surface area contributed by atoms with E-state index in [1.165, 1.54) is 28.5 Å². The second kappa shape index (κ2) is 7.27. The molecule has 0 saturated heterocycles. The predicted octanol–water partition coefficient (Wildman–Crippen LogP) is 4.60. The molecule has 0 unspecified atom stereocenters. The number of furan rings is 1. The minimum absolute atomic E-state index is 0.222. The van der Waals surface area contributed by atoms with Crippen molar-refractivity contribution in [1.29, 1.82) is 0 Å². The van der Waals surface area contributed by atoms with E-state index in [0.717, 1.165) is 17.1 Å². The first-order chi connectivity index (χ1) is 11.6. The molecule has 0 aliphatic carbocycles. The van der Waals surface area contributed by atoms with Crippen LogP contribution in [0.25, 0.3) is 6.08 Å². The molecule has 1 aromatic carbocycles. The Morgan fingerprint density at radius 2 is 2.00 bits per heavy atom. The maximum Gasteiger partial charge on any atom is 0.250 e. The molecule has 0 aliphatic rings. The van der Waals surface area contributed by atoms with Crippen LogP contribution in [0.5, 0.6) is 0 Å². The van der Waals surface area contributed by atoms with E-state index >= 15 is 0 Å². The van der Waals surface area contributed by atoms with E-state index in [-0.39, 0.29) is 5.91 Å². The van der Waals surface area contributed by atoms with Crippen LogP contribution in [0.15, 0.2) is 53.1 Å². The number of aromatic nitrogens is 1. The lowest BCUT2D eigenvalue weighted by molar-refractivity contribution is -0.111. The second-order valence-electron chi connectivity index (χ2n) is 5.57. The summed E-state index contributed by atoms with van der Waals surface area (Å²) in [7, 11) is 0. The van der Waals surface area contributed by atoms with Crippen LogP contribution in [0.3, 0.4) is 0 Å². The number of benzene rings is 1. The lowest BCUT2D eigenvalue weighted by Crippen LogP contribution is -2.06. The smallest absolute Gasteiger partial charge is 0.250 e. The van der Waals surface area contributed by atoms with Gasteiger partial charge in [-0.05, 0) is 37.6 Å². The molecule has 2 aromatic heterocycles. The summed E-state index contributed by atoms with van der Waals surface area (Å²) < 4.78 is 5.38. The molecule has 0 radical (unpaired) electrons. The third-order valence-corrected chi connectivity index (χ3v) is 4.36. The molecule has 0 atom stereocenters. The quantitative estimate of drug-likeness (QED) is 0.692. The Kier molecular flexibility index (Phi) is 4.91. The van der Waals surface area contributed by atoms with Gasteiger partial charge >= 0.3 is 0 Å². The highest BCUT2D eigenvalue weighted by Gasteiger charge is 2.06. The van der Waals surface area contributed by atoms with E-state index < -0.39 is 0 Å². The Hall–Kier alpha value is -2.66. The van der Waals surface area contributed by atoms with Crippen molar-refractivity contribution in [3.8, 4) is 0 Å². The van der Waals surface area contributed by atoms with Gasteiger partial charge in [-0.3, -0.25) is 10.1 Å². The van der Waals surface area contributed by atoms with Crippen LogP contribution >= 0.6 is 11.3 Å². The highest BCUT2D eigenvalue weighted by Crippen LogP contribution is 2.21. The molecule has 24 heavy (non-hydrogen) atoms. The standard InChI is InChI=1S/C19H18N2O2S/c1-13-3-6-15(7-4-13)11-17-12-20-19(24-17)21-18(22)10-9-16-8-5-14(2)23-16/h3-10,12H,11H2,1-2H3,(H,20,21,22). The number of carbonyl (C=O) groups excluding carboxylic acids is 1. The Balaban J connectivity index is 1.58. The Morgan fingerprint density at radius 1 is 1.21 bits per heavy atom. The van der Waals surface area contributed by atoms with E-state index in [4.69, 9.17) is 4.42 Å². The molecule has 2 heterocycles. The largest absolute Gasteiger partial charge is 0.462 e. The summed E-state index contributed by atoms with van der Waals surface area (Å²) in [6.45, 7) is 3.93. The number of hydrogen-bond acceptors (Lipinski definition) is 4. The minimum atomic E-state index is -0.222. The number of nitrogens with one attached hydrogen (secondary N) is 1. The van der Waals surface area contributed by atoms with Gasteiger partial charge in [-0.1, -0.05) is 29.8 Å². The van der Waals surface area contributed by atoms with Gasteiger partial charge in [0.25, 0.3) is 0 Å². The highest BCUT2D eigenvalue weighted by atomic mass is 32.1. The number of hydrogen-bond donors (Lipinski definition) is 1. The molecule has 5 heteroatoms. The van der Waals surface area contributed by atoms with Crippen molar-refractivity contribution in [2.75, 3.05) is 5.32 Å². The van der Waals surface area contributed by atoms with Gasteiger partial charge in [0.2, 0.25) is 5.91 Å². The molecule has 122 valence electrons. The van der Waals surface area contributed by atoms with Crippen LogP contribution < -0.4 is 5.32 Å². The zero-order chi connectivity index (χ0) is 16.9. The first-order valence-electron chi connectivity index (χ1n) is 7.64. The van der Waals surface area contributed by atoms with Crippen molar-refractivity contribution >= 4 is 28.5 Å². The maximum absolute atomic E-state index is 11.9. The van der Waals surface area contributed by atoms with Crippen molar-refractivity contribution in [3.63, 3.8) is 0 Å². The number of thiazole rings is 1. The van der Waals surface area contributed by atoms with E-state index in [2.05, 4.69) is 41.5 Å². The molecular formula is C19H18N2O2S. The zero-order valence-electron chi connectivity index (χ0n) is 13.6. The lowest BCUT2D eigenvalue weighted by Gasteiger charge is -1.99. The van der Waals surface area contributed by atoms with Crippen molar-refractivity contribution in [2.45, 2.75) is 20.3 Å². The minimum Gasteiger partial charge on any atom is -0.462 e. The van der Waals surface area contributed by atoms with Crippen LogP contribution in [-0.4, -0.2) is 10.9 Å². The summed E-state index contributed by atoms with van der Waals surface area (Å²) in [5.74, 6) is 1.25. The number of aryl methyl sites for hydroxylation is 2. The summed E-state index contributed by atoms with van der Waals surface area (Å²) >= 11 is 1.49. The van der Waals surface area contributed by atoms with E-state index in [1.807, 2.05) is 19.1 Å². The third kappa shape index (κ3) is 4.43. The normalized spacial score (nSPS) is 11.1. The van der Waals surface area contributed by atoms with Crippen LogP contribution in [0.1, 0.15) is 27.5 Å². The molecule has 1 N–H and O–H groups in total. The van der Waals surface area contributed by atoms with Crippen LogP contribution in [-0.2, 0) is 11.2 Å². The molecule has 0 bridgehead atoms. The molecule has 0 fully saturated rings. The fraction of sp³-hybridized carbons (Fsp3) is 0.158. The Bertz CT molecular complexity index is 860. The summed E-state index contributed by atoms with van der Waals surface area (Å²) in [6.07, 6.45) is 5.71. The van der Waals surface area contributed by atoms with Crippen molar-refractivity contribution in [2.24, 2.45) is 0 Å². The van der Waals surface area contributed by atoms with Crippen LogP contribution in [0.2, 0.25) is 0 Å². The number of rotatable bonds is 5. The van der Waals surface area contributed by atoms with Gasteiger partial charge in [0.1, 0.15) is 11.5 Å². The SMILES string of the molecule is Cc1ccc(Cc2cnc(NC(=O)C=Cc3ccc(C)o3)s2)cc1. The van der Waals surface area contributed by atoms with Crippen LogP contribution in [0.4, 0.5) is 5.13 Å². The first kappa shape index (κ1) is 16.2. The summed E-state index contributed by atoms with van der Waals surface area (Å²) in [5.41, 5.74) is 2.48. The average molecular weight is 338 g/mol. The van der Waals surface area contributed by atoms with Gasteiger partial charge in [-0.2, -0.15) is 0 Å². The second-order valence-corrected chi connectivity index (χ2v) is 6.68. The van der Waals surface area contributed by atoms with E-state index in [1.54, 1.807) is 12.3 Å².